The van der Waals surface area contributed by atoms with Crippen molar-refractivity contribution in [1.29, 1.82) is 0 Å². The Morgan fingerprint density at radius 2 is 2.04 bits per heavy atom. The molecule has 1 aromatic carbocycles. The number of ether oxygens (including phenoxy) is 1. The molecule has 0 bridgehead atoms. The molecular weight excluding hydrogens is 292 g/mol. The Bertz CT molecular complexity index is 629. The average Bonchev–Trinajstić information content (AvgIpc) is 2.85. The van der Waals surface area contributed by atoms with E-state index in [2.05, 4.69) is 45.1 Å². The number of hydrogen-bond donors (Lipinski definition) is 2. The highest BCUT2D eigenvalue weighted by Crippen LogP contribution is 2.30. The Hall–Kier alpha value is -1.59. The van der Waals surface area contributed by atoms with E-state index in [0.717, 1.165) is 23.1 Å². The molecule has 0 saturated heterocycles. The molecule has 0 radical (unpaired) electrons. The number of hydrogen-bond acceptors (Lipinski definition) is 5. The van der Waals surface area contributed by atoms with Gasteiger partial charge in [-0.15, -0.1) is 0 Å². The maximum atomic E-state index is 10.1. The van der Waals surface area contributed by atoms with Crippen LogP contribution in [-0.4, -0.2) is 35.1 Å². The molecule has 23 heavy (non-hydrogen) atoms. The van der Waals surface area contributed by atoms with Crippen molar-refractivity contribution in [3.05, 3.63) is 23.9 Å². The van der Waals surface area contributed by atoms with E-state index in [-0.39, 0.29) is 12.1 Å². The Kier molecular flexibility index (Phi) is 5.65. The summed E-state index contributed by atoms with van der Waals surface area (Å²) in [5.41, 5.74) is 1.60. The lowest BCUT2D eigenvalue weighted by Gasteiger charge is -2.23. The summed E-state index contributed by atoms with van der Waals surface area (Å²) in [5.74, 6) is 1.20. The van der Waals surface area contributed by atoms with Crippen LogP contribution in [0.5, 0.6) is 5.75 Å². The van der Waals surface area contributed by atoms with Gasteiger partial charge in [-0.3, -0.25) is 0 Å². The molecule has 0 aliphatic carbocycles. The zero-order valence-corrected chi connectivity index (χ0v) is 14.7. The number of nitrogens with zero attached hydrogens (tertiary/aromatic N) is 1. The SMILES string of the molecule is CC(C)Cc1noc2cccc(OCC(O)CNC(C)(C)C)c12. The van der Waals surface area contributed by atoms with Crippen LogP contribution in [0.2, 0.25) is 0 Å². The van der Waals surface area contributed by atoms with Crippen molar-refractivity contribution in [2.24, 2.45) is 5.92 Å². The van der Waals surface area contributed by atoms with Gasteiger partial charge in [0.2, 0.25) is 0 Å². The van der Waals surface area contributed by atoms with E-state index >= 15 is 0 Å². The second-order valence-electron chi connectivity index (χ2n) is 7.45. The molecule has 2 rings (SSSR count). The van der Waals surface area contributed by atoms with E-state index in [1.165, 1.54) is 0 Å². The molecule has 1 heterocycles. The minimum Gasteiger partial charge on any atom is -0.490 e. The van der Waals surface area contributed by atoms with Crippen molar-refractivity contribution in [3.8, 4) is 5.75 Å². The van der Waals surface area contributed by atoms with Gasteiger partial charge in [-0.2, -0.15) is 0 Å². The number of β-amino-alcohol motifs (C(OH)–C–C–N with tert-alkyl or cyclic N) is 1. The van der Waals surface area contributed by atoms with Crippen LogP contribution in [0.3, 0.4) is 0 Å². The molecule has 0 spiro atoms. The van der Waals surface area contributed by atoms with E-state index in [1.54, 1.807) is 0 Å². The topological polar surface area (TPSA) is 67.5 Å². The first-order valence-corrected chi connectivity index (χ1v) is 8.19. The molecule has 2 aromatic rings. The highest BCUT2D eigenvalue weighted by Gasteiger charge is 2.17. The lowest BCUT2D eigenvalue weighted by atomic mass is 10.0. The number of aliphatic hydroxyl groups is 1. The fraction of sp³-hybridized carbons (Fsp3) is 0.611. The largest absolute Gasteiger partial charge is 0.490 e. The molecule has 1 unspecified atom stereocenters. The fourth-order valence-corrected chi connectivity index (χ4v) is 2.34. The van der Waals surface area contributed by atoms with Gasteiger partial charge in [0.1, 0.15) is 18.5 Å². The summed E-state index contributed by atoms with van der Waals surface area (Å²) in [4.78, 5) is 0. The number of aliphatic hydroxyl groups excluding tert-OH is 1. The molecule has 1 atom stereocenters. The predicted octanol–water partition coefficient (Wildman–Crippen LogP) is 3.15. The summed E-state index contributed by atoms with van der Waals surface area (Å²) in [7, 11) is 0. The molecule has 128 valence electrons. The lowest BCUT2D eigenvalue weighted by molar-refractivity contribution is 0.101. The van der Waals surface area contributed by atoms with Gasteiger partial charge in [0.05, 0.1) is 11.1 Å². The van der Waals surface area contributed by atoms with Gasteiger partial charge < -0.3 is 19.7 Å². The number of aromatic nitrogens is 1. The van der Waals surface area contributed by atoms with E-state index < -0.39 is 6.10 Å². The van der Waals surface area contributed by atoms with Gasteiger partial charge in [0, 0.05) is 12.1 Å². The van der Waals surface area contributed by atoms with Crippen molar-refractivity contribution in [2.45, 2.75) is 52.7 Å². The maximum Gasteiger partial charge on any atom is 0.170 e. The number of benzene rings is 1. The van der Waals surface area contributed by atoms with Gasteiger partial charge in [-0.1, -0.05) is 25.1 Å². The smallest absolute Gasteiger partial charge is 0.170 e. The summed E-state index contributed by atoms with van der Waals surface area (Å²) >= 11 is 0. The molecule has 2 N–H and O–H groups in total. The standard InChI is InChI=1S/C18H28N2O3/c1-12(2)9-14-17-15(7-6-8-16(17)23-20-14)22-11-13(21)10-19-18(3,4)5/h6-8,12-13,19,21H,9-11H2,1-5H3. The third kappa shape index (κ3) is 5.22. The van der Waals surface area contributed by atoms with Crippen LogP contribution in [0, 0.1) is 5.92 Å². The van der Waals surface area contributed by atoms with Crippen LogP contribution in [0.25, 0.3) is 11.0 Å². The van der Waals surface area contributed by atoms with Gasteiger partial charge in [-0.25, -0.2) is 0 Å². The van der Waals surface area contributed by atoms with Gasteiger partial charge >= 0.3 is 0 Å². The molecule has 0 amide bonds. The Morgan fingerprint density at radius 1 is 1.30 bits per heavy atom. The van der Waals surface area contributed by atoms with Crippen LogP contribution in [-0.2, 0) is 6.42 Å². The number of rotatable bonds is 7. The first-order chi connectivity index (χ1) is 10.8. The quantitative estimate of drug-likeness (QED) is 0.820. The second kappa shape index (κ2) is 7.32. The first-order valence-electron chi connectivity index (χ1n) is 8.19. The first kappa shape index (κ1) is 17.8. The van der Waals surface area contributed by atoms with Gasteiger partial charge in [0.15, 0.2) is 5.58 Å². The van der Waals surface area contributed by atoms with Crippen molar-refractivity contribution >= 4 is 11.0 Å². The molecule has 0 saturated carbocycles. The number of fused-ring (bicyclic) bond motifs is 1. The molecule has 5 heteroatoms. The minimum atomic E-state index is -0.571. The second-order valence-corrected chi connectivity index (χ2v) is 7.45. The Morgan fingerprint density at radius 3 is 2.70 bits per heavy atom. The van der Waals surface area contributed by atoms with Crippen LogP contribution in [0.15, 0.2) is 22.7 Å². The highest BCUT2D eigenvalue weighted by atomic mass is 16.5. The summed E-state index contributed by atoms with van der Waals surface area (Å²) in [6.07, 6.45) is 0.263. The molecule has 0 aliphatic heterocycles. The molecular formula is C18H28N2O3. The normalized spacial score (nSPS) is 13.7. The van der Waals surface area contributed by atoms with E-state index in [0.29, 0.717) is 18.2 Å². The molecule has 0 fully saturated rings. The summed E-state index contributed by atoms with van der Waals surface area (Å²) < 4.78 is 11.2. The van der Waals surface area contributed by atoms with Crippen molar-refractivity contribution in [2.75, 3.05) is 13.2 Å². The zero-order chi connectivity index (χ0) is 17.0. The Balaban J connectivity index is 2.06. The van der Waals surface area contributed by atoms with E-state index in [9.17, 15) is 5.11 Å². The average molecular weight is 320 g/mol. The summed E-state index contributed by atoms with van der Waals surface area (Å²) in [5, 5.41) is 18.4. The fourth-order valence-electron chi connectivity index (χ4n) is 2.34. The Labute approximate surface area is 138 Å². The van der Waals surface area contributed by atoms with Crippen LogP contribution < -0.4 is 10.1 Å². The van der Waals surface area contributed by atoms with Crippen molar-refractivity contribution < 1.29 is 14.4 Å². The van der Waals surface area contributed by atoms with Gasteiger partial charge in [-0.05, 0) is 45.2 Å². The third-order valence-corrected chi connectivity index (χ3v) is 3.43. The summed E-state index contributed by atoms with van der Waals surface area (Å²) in [6, 6.07) is 5.66. The van der Waals surface area contributed by atoms with E-state index in [4.69, 9.17) is 9.26 Å². The zero-order valence-electron chi connectivity index (χ0n) is 14.7. The maximum absolute atomic E-state index is 10.1. The lowest BCUT2D eigenvalue weighted by Crippen LogP contribution is -2.42. The molecule has 5 nitrogen and oxygen atoms in total. The van der Waals surface area contributed by atoms with Crippen molar-refractivity contribution in [3.63, 3.8) is 0 Å². The van der Waals surface area contributed by atoms with Crippen LogP contribution >= 0.6 is 0 Å². The van der Waals surface area contributed by atoms with Crippen molar-refractivity contribution in [1.82, 2.24) is 10.5 Å². The number of nitrogens with one attached hydrogen (secondary N) is 1. The minimum absolute atomic E-state index is 0.0279. The monoisotopic (exact) mass is 320 g/mol. The van der Waals surface area contributed by atoms with E-state index in [1.807, 2.05) is 18.2 Å². The van der Waals surface area contributed by atoms with Crippen LogP contribution in [0.4, 0.5) is 0 Å². The summed E-state index contributed by atoms with van der Waals surface area (Å²) in [6.45, 7) is 11.2. The van der Waals surface area contributed by atoms with Gasteiger partial charge in [0.25, 0.3) is 0 Å². The third-order valence-electron chi connectivity index (χ3n) is 3.43. The van der Waals surface area contributed by atoms with Crippen LogP contribution in [0.1, 0.15) is 40.3 Å². The molecule has 1 aromatic heterocycles. The highest BCUT2D eigenvalue weighted by molar-refractivity contribution is 5.86. The predicted molar refractivity (Wildman–Crippen MR) is 91.8 cm³/mol. The molecule has 0 aliphatic rings.